The van der Waals surface area contributed by atoms with Gasteiger partial charge in [0.2, 0.25) is 0 Å². The van der Waals surface area contributed by atoms with Crippen molar-refractivity contribution in [2.24, 2.45) is 4.99 Å². The monoisotopic (exact) mass is 414 g/mol. The van der Waals surface area contributed by atoms with E-state index in [1.807, 2.05) is 53.4 Å². The number of hydrogen-bond acceptors (Lipinski definition) is 4. The third-order valence-corrected chi connectivity index (χ3v) is 8.33. The number of amidine groups is 1. The largest absolute Gasteiger partial charge is 0.346 e. The van der Waals surface area contributed by atoms with Crippen LogP contribution in [0.15, 0.2) is 65.7 Å². The van der Waals surface area contributed by atoms with Crippen LogP contribution in [0, 0.1) is 0 Å². The van der Waals surface area contributed by atoms with Crippen molar-refractivity contribution in [3.63, 3.8) is 0 Å². The molecule has 0 saturated carbocycles. The minimum atomic E-state index is -3.02. The number of rotatable bonds is 5. The van der Waals surface area contributed by atoms with Gasteiger partial charge >= 0.3 is 0 Å². The van der Waals surface area contributed by atoms with E-state index >= 15 is 0 Å². The lowest BCUT2D eigenvalue weighted by Crippen LogP contribution is -2.39. The molecule has 2 fully saturated rings. The lowest BCUT2D eigenvalue weighted by Gasteiger charge is -2.24. The number of amides is 1. The molecule has 146 valence electrons. The number of carbonyl (C=O) groups is 1. The number of thioether (sulfide) groups is 1. The molecule has 0 spiro atoms. The fraction of sp³-hybridized carbons (Fsp3) is 0.333. The summed E-state index contributed by atoms with van der Waals surface area (Å²) in [5, 5.41) is 0.630. The molecule has 0 N–H and O–H groups in total. The van der Waals surface area contributed by atoms with Crippen molar-refractivity contribution in [3.8, 4) is 0 Å². The van der Waals surface area contributed by atoms with E-state index in [1.165, 1.54) is 17.3 Å². The Balaban J connectivity index is 1.51. The highest BCUT2D eigenvalue weighted by Crippen LogP contribution is 2.38. The van der Waals surface area contributed by atoms with Crippen molar-refractivity contribution < 1.29 is 13.2 Å². The van der Waals surface area contributed by atoms with Crippen molar-refractivity contribution in [2.45, 2.75) is 24.1 Å². The lowest BCUT2D eigenvalue weighted by atomic mass is 10.1. The number of fused-ring (bicyclic) bond motifs is 1. The summed E-state index contributed by atoms with van der Waals surface area (Å²) < 4.78 is 24.2. The quantitative estimate of drug-likeness (QED) is 0.752. The molecule has 28 heavy (non-hydrogen) atoms. The fourth-order valence-electron chi connectivity index (χ4n) is 3.71. The van der Waals surface area contributed by atoms with Gasteiger partial charge in [0.05, 0.1) is 24.0 Å². The Kier molecular flexibility index (Phi) is 5.55. The van der Waals surface area contributed by atoms with Crippen LogP contribution >= 0.6 is 11.8 Å². The summed E-state index contributed by atoms with van der Waals surface area (Å²) in [4.78, 5) is 18.9. The Morgan fingerprint density at radius 3 is 2.32 bits per heavy atom. The van der Waals surface area contributed by atoms with Gasteiger partial charge in [0, 0.05) is 11.8 Å². The Hall–Kier alpha value is -2.12. The Bertz CT molecular complexity index is 975. The molecule has 2 aliphatic rings. The minimum Gasteiger partial charge on any atom is -0.346 e. The first-order valence-electron chi connectivity index (χ1n) is 9.33. The highest BCUT2D eigenvalue weighted by molar-refractivity contribution is 8.15. The zero-order chi connectivity index (χ0) is 19.6. The number of benzene rings is 2. The van der Waals surface area contributed by atoms with Gasteiger partial charge < -0.3 is 4.90 Å². The van der Waals surface area contributed by atoms with E-state index in [0.29, 0.717) is 11.7 Å². The summed E-state index contributed by atoms with van der Waals surface area (Å²) in [5.41, 5.74) is 2.12. The number of aliphatic imine (C=N–C) groups is 1. The molecule has 2 saturated heterocycles. The second kappa shape index (κ2) is 8.09. The Labute approximate surface area is 169 Å². The Morgan fingerprint density at radius 1 is 1.00 bits per heavy atom. The molecule has 1 amide bonds. The molecule has 0 bridgehead atoms. The highest BCUT2D eigenvalue weighted by Gasteiger charge is 2.48. The maximum Gasteiger partial charge on any atom is 0.252 e. The van der Waals surface area contributed by atoms with Crippen LogP contribution in [0.2, 0.25) is 0 Å². The van der Waals surface area contributed by atoms with Gasteiger partial charge in [-0.2, -0.15) is 4.99 Å². The third-order valence-electron chi connectivity index (χ3n) is 5.08. The molecule has 2 atom stereocenters. The molecule has 7 heteroatoms. The van der Waals surface area contributed by atoms with E-state index in [0.717, 1.165) is 12.0 Å². The summed E-state index contributed by atoms with van der Waals surface area (Å²) in [7, 11) is -3.02. The molecular weight excluding hydrogens is 392 g/mol. The van der Waals surface area contributed by atoms with Gasteiger partial charge in [-0.15, -0.1) is 0 Å². The predicted octanol–water partition coefficient (Wildman–Crippen LogP) is 2.57. The smallest absolute Gasteiger partial charge is 0.252 e. The maximum atomic E-state index is 12.5. The average molecular weight is 415 g/mol. The molecule has 2 aromatic rings. The fourth-order valence-corrected chi connectivity index (χ4v) is 7.70. The van der Waals surface area contributed by atoms with Gasteiger partial charge in [0.15, 0.2) is 15.0 Å². The summed E-state index contributed by atoms with van der Waals surface area (Å²) in [5.74, 6) is 0.114. The minimum absolute atomic E-state index is 0.0379. The maximum absolute atomic E-state index is 12.5. The predicted molar refractivity (Wildman–Crippen MR) is 113 cm³/mol. The van der Waals surface area contributed by atoms with Crippen molar-refractivity contribution in [1.29, 1.82) is 0 Å². The lowest BCUT2D eigenvalue weighted by molar-refractivity contribution is -0.117. The SMILES string of the molecule is O=C(Cc1ccccc1)N=C1S[C@H]2CS(=O)(=O)C[C@@H]2N1CCc1ccccc1. The van der Waals surface area contributed by atoms with E-state index < -0.39 is 9.84 Å². The number of hydrogen-bond donors (Lipinski definition) is 0. The van der Waals surface area contributed by atoms with E-state index in [4.69, 9.17) is 0 Å². The number of sulfone groups is 1. The summed E-state index contributed by atoms with van der Waals surface area (Å²) >= 11 is 1.44. The van der Waals surface area contributed by atoms with Crippen LogP contribution in [0.1, 0.15) is 11.1 Å². The summed E-state index contributed by atoms with van der Waals surface area (Å²) in [6.45, 7) is 0.658. The van der Waals surface area contributed by atoms with Crippen molar-refractivity contribution >= 4 is 32.7 Å². The van der Waals surface area contributed by atoms with Gasteiger partial charge in [-0.3, -0.25) is 4.79 Å². The van der Waals surface area contributed by atoms with Gasteiger partial charge in [-0.05, 0) is 17.5 Å². The van der Waals surface area contributed by atoms with Crippen molar-refractivity contribution in [3.05, 3.63) is 71.8 Å². The number of nitrogens with zero attached hydrogens (tertiary/aromatic N) is 2. The molecule has 5 nitrogen and oxygen atoms in total. The normalized spacial score (nSPS) is 24.4. The van der Waals surface area contributed by atoms with Crippen LogP contribution in [0.25, 0.3) is 0 Å². The van der Waals surface area contributed by atoms with E-state index in [9.17, 15) is 13.2 Å². The zero-order valence-electron chi connectivity index (χ0n) is 15.4. The van der Waals surface area contributed by atoms with Crippen LogP contribution in [0.4, 0.5) is 0 Å². The third kappa shape index (κ3) is 4.47. The average Bonchev–Trinajstić information content (AvgIpc) is 3.12. The second-order valence-electron chi connectivity index (χ2n) is 7.18. The van der Waals surface area contributed by atoms with Crippen LogP contribution in [-0.2, 0) is 27.5 Å². The van der Waals surface area contributed by atoms with Crippen LogP contribution in [0.5, 0.6) is 0 Å². The van der Waals surface area contributed by atoms with Gasteiger partial charge in [-0.1, -0.05) is 72.4 Å². The van der Waals surface area contributed by atoms with Gasteiger partial charge in [0.25, 0.3) is 5.91 Å². The molecular formula is C21H22N2O3S2. The molecule has 2 aliphatic heterocycles. The van der Waals surface area contributed by atoms with Gasteiger partial charge in [-0.25, -0.2) is 8.42 Å². The van der Waals surface area contributed by atoms with E-state index in [2.05, 4.69) is 17.1 Å². The first kappa shape index (κ1) is 19.2. The summed E-state index contributed by atoms with van der Waals surface area (Å²) in [6.07, 6.45) is 1.04. The molecule has 0 aromatic heterocycles. The molecule has 4 rings (SSSR count). The molecule has 0 aliphatic carbocycles. The highest BCUT2D eigenvalue weighted by atomic mass is 32.2. The van der Waals surface area contributed by atoms with E-state index in [1.54, 1.807) is 0 Å². The molecule has 0 radical (unpaired) electrons. The topological polar surface area (TPSA) is 66.8 Å². The molecule has 2 aromatic carbocycles. The first-order chi connectivity index (χ1) is 13.5. The van der Waals surface area contributed by atoms with Crippen molar-refractivity contribution in [2.75, 3.05) is 18.1 Å². The standard InChI is InChI=1S/C21H22N2O3S2/c24-20(13-17-9-5-2-6-10-17)22-21-23(12-11-16-7-3-1-4-8-16)18-14-28(25,26)15-19(18)27-21/h1-10,18-19H,11-15H2/t18-,19-/m0/s1. The zero-order valence-corrected chi connectivity index (χ0v) is 17.0. The molecule has 0 unspecified atom stereocenters. The first-order valence-corrected chi connectivity index (χ1v) is 12.0. The van der Waals surface area contributed by atoms with Crippen LogP contribution in [0.3, 0.4) is 0 Å². The molecule has 2 heterocycles. The summed E-state index contributed by atoms with van der Waals surface area (Å²) in [6, 6.07) is 19.5. The van der Waals surface area contributed by atoms with E-state index in [-0.39, 0.29) is 35.1 Å². The van der Waals surface area contributed by atoms with Crippen molar-refractivity contribution in [1.82, 2.24) is 4.90 Å². The Morgan fingerprint density at radius 2 is 1.64 bits per heavy atom. The second-order valence-corrected chi connectivity index (χ2v) is 10.5. The van der Waals surface area contributed by atoms with Gasteiger partial charge in [0.1, 0.15) is 0 Å². The number of carbonyl (C=O) groups excluding carboxylic acids is 1. The van der Waals surface area contributed by atoms with Crippen LogP contribution < -0.4 is 0 Å². The van der Waals surface area contributed by atoms with Crippen LogP contribution in [-0.4, -0.2) is 53.7 Å².